The molecule has 0 radical (unpaired) electrons. The number of ketones is 1. The minimum absolute atomic E-state index is 0.164. The fourth-order valence-corrected chi connectivity index (χ4v) is 1.85. The normalized spacial score (nSPS) is 17.2. The Labute approximate surface area is 90.3 Å². The van der Waals surface area contributed by atoms with Gasteiger partial charge in [0.2, 0.25) is 0 Å². The second-order valence-corrected chi connectivity index (χ2v) is 4.22. The monoisotopic (exact) mass is 204 g/mol. The van der Waals surface area contributed by atoms with E-state index >= 15 is 0 Å². The Balaban J connectivity index is 2.16. The number of benzene rings is 1. The molecule has 1 atom stereocenters. The van der Waals surface area contributed by atoms with Crippen LogP contribution in [0, 0.1) is 11.8 Å². The van der Waals surface area contributed by atoms with Gasteiger partial charge in [0, 0.05) is 11.5 Å². The highest BCUT2D eigenvalue weighted by atomic mass is 16.5. The topological polar surface area (TPSA) is 26.3 Å². The molecule has 0 N–H and O–H groups in total. The molecule has 1 unspecified atom stereocenters. The fourth-order valence-electron chi connectivity index (χ4n) is 1.85. The third-order valence-corrected chi connectivity index (χ3v) is 3.10. The van der Waals surface area contributed by atoms with Crippen LogP contribution in [0.2, 0.25) is 0 Å². The van der Waals surface area contributed by atoms with Crippen LogP contribution >= 0.6 is 0 Å². The highest BCUT2D eigenvalue weighted by Gasteiger charge is 2.32. The average molecular weight is 204 g/mol. The zero-order chi connectivity index (χ0) is 10.8. The van der Waals surface area contributed by atoms with Crippen LogP contribution in [0.3, 0.4) is 0 Å². The van der Waals surface area contributed by atoms with Crippen molar-refractivity contribution < 1.29 is 9.53 Å². The van der Waals surface area contributed by atoms with E-state index in [1.165, 1.54) is 12.8 Å². The van der Waals surface area contributed by atoms with Crippen molar-refractivity contribution in [1.29, 1.82) is 0 Å². The van der Waals surface area contributed by atoms with E-state index in [9.17, 15) is 4.79 Å². The Morgan fingerprint density at radius 2 is 2.20 bits per heavy atom. The Bertz CT molecular complexity index is 367. The van der Waals surface area contributed by atoms with Crippen molar-refractivity contribution in [2.24, 2.45) is 11.8 Å². The van der Waals surface area contributed by atoms with Crippen molar-refractivity contribution in [2.75, 3.05) is 7.11 Å². The van der Waals surface area contributed by atoms with Gasteiger partial charge in [-0.05, 0) is 30.9 Å². The summed E-state index contributed by atoms with van der Waals surface area (Å²) in [6.45, 7) is 2.03. The summed E-state index contributed by atoms with van der Waals surface area (Å²) in [7, 11) is 1.62. The van der Waals surface area contributed by atoms with E-state index in [4.69, 9.17) is 4.74 Å². The molecular formula is C13H16O2. The minimum Gasteiger partial charge on any atom is -0.497 e. The van der Waals surface area contributed by atoms with Gasteiger partial charge in [-0.3, -0.25) is 4.79 Å². The number of hydrogen-bond acceptors (Lipinski definition) is 2. The molecule has 2 heteroatoms. The van der Waals surface area contributed by atoms with E-state index < -0.39 is 0 Å². The van der Waals surface area contributed by atoms with E-state index in [0.717, 1.165) is 11.3 Å². The molecule has 1 aromatic carbocycles. The molecule has 0 aliphatic heterocycles. The summed E-state index contributed by atoms with van der Waals surface area (Å²) in [5.41, 5.74) is 0.772. The molecule has 2 rings (SSSR count). The quantitative estimate of drug-likeness (QED) is 0.705. The summed E-state index contributed by atoms with van der Waals surface area (Å²) in [5.74, 6) is 1.78. The predicted octanol–water partition coefficient (Wildman–Crippen LogP) is 2.92. The van der Waals surface area contributed by atoms with E-state index in [1.54, 1.807) is 7.11 Å². The molecule has 0 amide bonds. The maximum Gasteiger partial charge on any atom is 0.166 e. The summed E-state index contributed by atoms with van der Waals surface area (Å²) in [6, 6.07) is 7.41. The maximum absolute atomic E-state index is 12.0. The van der Waals surface area contributed by atoms with Crippen LogP contribution in [-0.2, 0) is 0 Å². The van der Waals surface area contributed by atoms with Gasteiger partial charge in [-0.2, -0.15) is 0 Å². The first-order chi connectivity index (χ1) is 7.22. The van der Waals surface area contributed by atoms with Crippen LogP contribution in [-0.4, -0.2) is 12.9 Å². The number of hydrogen-bond donors (Lipinski definition) is 0. The SMILES string of the molecule is COc1cccc(C(=O)C(C)C2CC2)c1. The first-order valence-electron chi connectivity index (χ1n) is 5.40. The second kappa shape index (κ2) is 4.05. The Hall–Kier alpha value is -1.31. The van der Waals surface area contributed by atoms with Crippen molar-refractivity contribution >= 4 is 5.78 Å². The Kier molecular flexibility index (Phi) is 2.76. The molecule has 0 bridgehead atoms. The van der Waals surface area contributed by atoms with E-state index in [1.807, 2.05) is 31.2 Å². The van der Waals surface area contributed by atoms with E-state index in [0.29, 0.717) is 5.92 Å². The maximum atomic E-state index is 12.0. The van der Waals surface area contributed by atoms with Crippen molar-refractivity contribution in [2.45, 2.75) is 19.8 Å². The lowest BCUT2D eigenvalue weighted by Gasteiger charge is -2.09. The lowest BCUT2D eigenvalue weighted by atomic mass is 9.95. The molecule has 15 heavy (non-hydrogen) atoms. The largest absolute Gasteiger partial charge is 0.497 e. The number of carbonyl (C=O) groups excluding carboxylic acids is 1. The molecule has 0 spiro atoms. The summed E-state index contributed by atoms with van der Waals surface area (Å²) >= 11 is 0. The summed E-state index contributed by atoms with van der Waals surface area (Å²) in [5, 5.41) is 0. The summed E-state index contributed by atoms with van der Waals surface area (Å²) < 4.78 is 5.11. The van der Waals surface area contributed by atoms with Gasteiger partial charge < -0.3 is 4.74 Å². The summed E-state index contributed by atoms with van der Waals surface area (Å²) in [6.07, 6.45) is 2.41. The van der Waals surface area contributed by atoms with Gasteiger partial charge in [-0.1, -0.05) is 19.1 Å². The molecule has 1 saturated carbocycles. The second-order valence-electron chi connectivity index (χ2n) is 4.22. The molecule has 1 aliphatic carbocycles. The third-order valence-electron chi connectivity index (χ3n) is 3.10. The zero-order valence-electron chi connectivity index (χ0n) is 9.19. The number of ether oxygens (including phenoxy) is 1. The first-order valence-corrected chi connectivity index (χ1v) is 5.40. The molecule has 0 saturated heterocycles. The lowest BCUT2D eigenvalue weighted by molar-refractivity contribution is 0.0916. The van der Waals surface area contributed by atoms with E-state index in [-0.39, 0.29) is 11.7 Å². The van der Waals surface area contributed by atoms with Gasteiger partial charge in [0.1, 0.15) is 5.75 Å². The third kappa shape index (κ3) is 2.20. The summed E-state index contributed by atoms with van der Waals surface area (Å²) in [4.78, 5) is 12.0. The number of rotatable bonds is 4. The highest BCUT2D eigenvalue weighted by Crippen LogP contribution is 2.38. The van der Waals surface area contributed by atoms with Crippen LogP contribution in [0.25, 0.3) is 0 Å². The minimum atomic E-state index is 0.164. The fraction of sp³-hybridized carbons (Fsp3) is 0.462. The van der Waals surface area contributed by atoms with Gasteiger partial charge in [0.05, 0.1) is 7.11 Å². The van der Waals surface area contributed by atoms with Gasteiger partial charge in [0.25, 0.3) is 0 Å². The smallest absolute Gasteiger partial charge is 0.166 e. The first kappa shape index (κ1) is 10.2. The lowest BCUT2D eigenvalue weighted by Crippen LogP contribution is -2.13. The van der Waals surface area contributed by atoms with Crippen molar-refractivity contribution in [3.8, 4) is 5.75 Å². The Morgan fingerprint density at radius 1 is 1.47 bits per heavy atom. The van der Waals surface area contributed by atoms with Crippen LogP contribution in [0.5, 0.6) is 5.75 Å². The van der Waals surface area contributed by atoms with Crippen LogP contribution in [0.4, 0.5) is 0 Å². The van der Waals surface area contributed by atoms with Crippen molar-refractivity contribution in [3.63, 3.8) is 0 Å². The Morgan fingerprint density at radius 3 is 2.80 bits per heavy atom. The average Bonchev–Trinajstić information content (AvgIpc) is 3.11. The predicted molar refractivity (Wildman–Crippen MR) is 59.2 cm³/mol. The van der Waals surface area contributed by atoms with Crippen LogP contribution < -0.4 is 4.74 Å². The zero-order valence-corrected chi connectivity index (χ0v) is 9.19. The molecule has 0 aromatic heterocycles. The highest BCUT2D eigenvalue weighted by molar-refractivity contribution is 5.98. The van der Waals surface area contributed by atoms with Crippen molar-refractivity contribution in [1.82, 2.24) is 0 Å². The van der Waals surface area contributed by atoms with Crippen LogP contribution in [0.1, 0.15) is 30.1 Å². The van der Waals surface area contributed by atoms with Gasteiger partial charge >= 0.3 is 0 Å². The van der Waals surface area contributed by atoms with Crippen molar-refractivity contribution in [3.05, 3.63) is 29.8 Å². The molecule has 2 nitrogen and oxygen atoms in total. The molecule has 1 fully saturated rings. The molecular weight excluding hydrogens is 188 g/mol. The molecule has 0 heterocycles. The number of methoxy groups -OCH3 is 1. The molecule has 1 aliphatic rings. The van der Waals surface area contributed by atoms with Gasteiger partial charge in [-0.15, -0.1) is 0 Å². The number of Topliss-reactive ketones (excluding diaryl/α,β-unsaturated/α-hetero) is 1. The van der Waals surface area contributed by atoms with Gasteiger partial charge in [-0.25, -0.2) is 0 Å². The van der Waals surface area contributed by atoms with Gasteiger partial charge in [0.15, 0.2) is 5.78 Å². The van der Waals surface area contributed by atoms with E-state index in [2.05, 4.69) is 0 Å². The standard InChI is InChI=1S/C13H16O2/c1-9(10-6-7-10)13(14)11-4-3-5-12(8-11)15-2/h3-5,8-10H,6-7H2,1-2H3. The molecule has 80 valence electrons. The number of carbonyl (C=O) groups is 1. The van der Waals surface area contributed by atoms with Crippen LogP contribution in [0.15, 0.2) is 24.3 Å². The molecule has 1 aromatic rings.